The van der Waals surface area contributed by atoms with Crippen molar-refractivity contribution in [3.05, 3.63) is 95.8 Å². The number of nitrogens with zero attached hydrogens (tertiary/aromatic N) is 2. The van der Waals surface area contributed by atoms with E-state index in [1.165, 1.54) is 6.07 Å². The minimum Gasteiger partial charge on any atom is -0.385 e. The normalized spacial score (nSPS) is 16.8. The van der Waals surface area contributed by atoms with E-state index >= 15 is 0 Å². The van der Waals surface area contributed by atoms with Gasteiger partial charge in [0.15, 0.2) is 0 Å². The summed E-state index contributed by atoms with van der Waals surface area (Å²) in [5.74, 6) is -0.132. The van der Waals surface area contributed by atoms with Crippen molar-refractivity contribution in [1.82, 2.24) is 14.6 Å². The first-order chi connectivity index (χ1) is 16.7. The maximum absolute atomic E-state index is 13.0. The summed E-state index contributed by atoms with van der Waals surface area (Å²) in [6.07, 6.45) is 5.74. The van der Waals surface area contributed by atoms with Crippen molar-refractivity contribution in [3.8, 4) is 0 Å². The molecule has 0 atom stereocenters. The van der Waals surface area contributed by atoms with Gasteiger partial charge in [0.2, 0.25) is 5.91 Å². The lowest BCUT2D eigenvalue weighted by molar-refractivity contribution is -0.131. The topological polar surface area (TPSA) is 99.6 Å². The van der Waals surface area contributed by atoms with Crippen LogP contribution in [0.5, 0.6) is 0 Å². The number of amides is 1. The number of benzene rings is 2. The summed E-state index contributed by atoms with van der Waals surface area (Å²) in [5, 5.41) is 11.5. The zero-order valence-electron chi connectivity index (χ0n) is 19.8. The first-order valence-corrected chi connectivity index (χ1v) is 13.0. The molecule has 1 fully saturated rings. The lowest BCUT2D eigenvalue weighted by atomic mass is 9.84. The van der Waals surface area contributed by atoms with Crippen LogP contribution in [0.3, 0.4) is 0 Å². The third kappa shape index (κ3) is 5.44. The highest BCUT2D eigenvalue weighted by atomic mass is 32.2. The molecule has 1 aliphatic rings. The third-order valence-electron chi connectivity index (χ3n) is 6.30. The van der Waals surface area contributed by atoms with E-state index in [4.69, 9.17) is 0 Å². The Labute approximate surface area is 205 Å². The number of rotatable bonds is 6. The number of aromatic nitrogens is 1. The number of sulfonamides is 1. The molecule has 1 saturated heterocycles. The summed E-state index contributed by atoms with van der Waals surface area (Å²) in [7, 11) is -3.82. The van der Waals surface area contributed by atoms with Crippen LogP contribution in [0.2, 0.25) is 0 Å². The van der Waals surface area contributed by atoms with Gasteiger partial charge < -0.3 is 10.0 Å². The molecule has 0 spiro atoms. The second-order valence-electron chi connectivity index (χ2n) is 8.82. The Hall–Kier alpha value is -3.49. The average molecular weight is 492 g/mol. The molecule has 8 heteroatoms. The molecule has 35 heavy (non-hydrogen) atoms. The fraction of sp³-hybridized carbons (Fsp3) is 0.259. The first kappa shape index (κ1) is 24.6. The van der Waals surface area contributed by atoms with Gasteiger partial charge in [0.25, 0.3) is 10.0 Å². The standard InChI is InChI=1S/C27H29N3O4S/c1-20(26(31)30-18-15-27(32,16-19-30)22-8-4-3-5-9-22)13-14-21(2)29-35(33,34)25-12-6-11-24-23(25)10-7-17-28-24/h3-14,17,29,32H,15-16,18-19H2,1-2H3/b20-13+,21-14+. The predicted molar refractivity (Wildman–Crippen MR) is 136 cm³/mol. The van der Waals surface area contributed by atoms with E-state index in [-0.39, 0.29) is 10.8 Å². The summed E-state index contributed by atoms with van der Waals surface area (Å²) in [6.45, 7) is 4.23. The van der Waals surface area contributed by atoms with Gasteiger partial charge in [-0.25, -0.2) is 8.42 Å². The number of aliphatic hydroxyl groups is 1. The molecule has 2 N–H and O–H groups in total. The largest absolute Gasteiger partial charge is 0.385 e. The first-order valence-electron chi connectivity index (χ1n) is 11.5. The van der Waals surface area contributed by atoms with E-state index in [0.717, 1.165) is 5.56 Å². The molecule has 0 radical (unpaired) electrons. The van der Waals surface area contributed by atoms with Crippen molar-refractivity contribution in [3.63, 3.8) is 0 Å². The lowest BCUT2D eigenvalue weighted by Gasteiger charge is -2.38. The Morgan fingerprint density at radius 1 is 1.00 bits per heavy atom. The van der Waals surface area contributed by atoms with Crippen molar-refractivity contribution >= 4 is 26.8 Å². The van der Waals surface area contributed by atoms with Gasteiger partial charge in [-0.2, -0.15) is 0 Å². The minimum atomic E-state index is -3.82. The predicted octanol–water partition coefficient (Wildman–Crippen LogP) is 3.87. The van der Waals surface area contributed by atoms with Crippen LogP contribution in [0.15, 0.2) is 95.2 Å². The van der Waals surface area contributed by atoms with E-state index in [1.807, 2.05) is 30.3 Å². The monoisotopic (exact) mass is 491 g/mol. The van der Waals surface area contributed by atoms with Crippen LogP contribution < -0.4 is 4.72 Å². The molecular formula is C27H29N3O4S. The summed E-state index contributed by atoms with van der Waals surface area (Å²) in [4.78, 5) is 19.0. The van der Waals surface area contributed by atoms with Crippen molar-refractivity contribution in [2.75, 3.05) is 13.1 Å². The fourth-order valence-corrected chi connectivity index (χ4v) is 5.62. The highest BCUT2D eigenvalue weighted by Gasteiger charge is 2.35. The van der Waals surface area contributed by atoms with Gasteiger partial charge in [0.05, 0.1) is 16.0 Å². The van der Waals surface area contributed by atoms with Crippen LogP contribution in [0.4, 0.5) is 0 Å². The molecular weight excluding hydrogens is 462 g/mol. The van der Waals surface area contributed by atoms with Crippen LogP contribution in [0.25, 0.3) is 10.9 Å². The number of nitrogens with one attached hydrogen (secondary N) is 1. The zero-order chi connectivity index (χ0) is 25.1. The van der Waals surface area contributed by atoms with Gasteiger partial charge in [0, 0.05) is 35.9 Å². The average Bonchev–Trinajstić information content (AvgIpc) is 2.87. The van der Waals surface area contributed by atoms with E-state index in [0.29, 0.717) is 48.1 Å². The van der Waals surface area contributed by atoms with E-state index in [9.17, 15) is 18.3 Å². The highest BCUT2D eigenvalue weighted by Crippen LogP contribution is 2.33. The van der Waals surface area contributed by atoms with Gasteiger partial charge in [-0.15, -0.1) is 0 Å². The molecule has 182 valence electrons. The van der Waals surface area contributed by atoms with Crippen molar-refractivity contribution in [2.24, 2.45) is 0 Å². The van der Waals surface area contributed by atoms with Gasteiger partial charge in [0.1, 0.15) is 0 Å². The Morgan fingerprint density at radius 2 is 1.71 bits per heavy atom. The third-order valence-corrected chi connectivity index (χ3v) is 7.83. The lowest BCUT2D eigenvalue weighted by Crippen LogP contribution is -2.45. The van der Waals surface area contributed by atoms with E-state index in [2.05, 4.69) is 9.71 Å². The van der Waals surface area contributed by atoms with Crippen molar-refractivity contribution in [1.29, 1.82) is 0 Å². The van der Waals surface area contributed by atoms with Gasteiger partial charge >= 0.3 is 0 Å². The molecule has 0 saturated carbocycles. The maximum Gasteiger partial charge on any atom is 0.262 e. The van der Waals surface area contributed by atoms with Crippen LogP contribution >= 0.6 is 0 Å². The summed E-state index contributed by atoms with van der Waals surface area (Å²) in [6, 6.07) is 17.9. The second kappa shape index (κ2) is 10.0. The second-order valence-corrected chi connectivity index (χ2v) is 10.5. The Bertz CT molecular complexity index is 1380. The molecule has 7 nitrogen and oxygen atoms in total. The van der Waals surface area contributed by atoms with Crippen LogP contribution in [-0.2, 0) is 20.4 Å². The van der Waals surface area contributed by atoms with E-state index < -0.39 is 15.6 Å². The quantitative estimate of drug-likeness (QED) is 0.403. The smallest absolute Gasteiger partial charge is 0.262 e. The fourth-order valence-electron chi connectivity index (χ4n) is 4.30. The van der Waals surface area contributed by atoms with Crippen LogP contribution in [-0.4, -0.2) is 42.4 Å². The molecule has 2 heterocycles. The highest BCUT2D eigenvalue weighted by molar-refractivity contribution is 7.89. The molecule has 4 rings (SSSR count). The summed E-state index contributed by atoms with van der Waals surface area (Å²) >= 11 is 0. The van der Waals surface area contributed by atoms with Gasteiger partial charge in [-0.05, 0) is 62.6 Å². The van der Waals surface area contributed by atoms with Gasteiger partial charge in [-0.1, -0.05) is 42.5 Å². The molecule has 1 aromatic heterocycles. The molecule has 3 aromatic rings. The molecule has 0 aliphatic carbocycles. The summed E-state index contributed by atoms with van der Waals surface area (Å²) in [5.41, 5.74) is 1.41. The number of fused-ring (bicyclic) bond motifs is 1. The number of pyridine rings is 1. The molecule has 2 aromatic carbocycles. The molecule has 1 aliphatic heterocycles. The number of hydrogen-bond donors (Lipinski definition) is 2. The molecule has 1 amide bonds. The van der Waals surface area contributed by atoms with Crippen LogP contribution in [0, 0.1) is 0 Å². The van der Waals surface area contributed by atoms with E-state index in [1.54, 1.807) is 61.4 Å². The zero-order valence-corrected chi connectivity index (χ0v) is 20.6. The summed E-state index contributed by atoms with van der Waals surface area (Å²) < 4.78 is 28.5. The number of hydrogen-bond acceptors (Lipinski definition) is 5. The Balaban J connectivity index is 1.42. The Morgan fingerprint density at radius 3 is 2.43 bits per heavy atom. The number of allylic oxidation sites excluding steroid dienone is 3. The minimum absolute atomic E-state index is 0.132. The molecule has 0 bridgehead atoms. The number of piperidine rings is 1. The molecule has 0 unspecified atom stereocenters. The van der Waals surface area contributed by atoms with Crippen LogP contribution in [0.1, 0.15) is 32.3 Å². The Kier molecular flexibility index (Phi) is 7.05. The maximum atomic E-state index is 13.0. The number of carbonyl (C=O) groups excluding carboxylic acids is 1. The van der Waals surface area contributed by atoms with Crippen molar-refractivity contribution < 1.29 is 18.3 Å². The number of carbonyl (C=O) groups is 1. The SMILES string of the molecule is C/C(=C\C=C(/C)C(=O)N1CCC(O)(c2ccccc2)CC1)NS(=O)(=O)c1cccc2ncccc12. The van der Waals surface area contributed by atoms with Crippen molar-refractivity contribution in [2.45, 2.75) is 37.2 Å². The number of likely N-dealkylation sites (tertiary alicyclic amines) is 1. The van der Waals surface area contributed by atoms with Gasteiger partial charge in [-0.3, -0.25) is 14.5 Å².